The number of aromatic nitrogens is 2. The summed E-state index contributed by atoms with van der Waals surface area (Å²) in [7, 11) is 0. The number of benzene rings is 2. The Hall–Kier alpha value is -2.88. The van der Waals surface area contributed by atoms with Crippen molar-refractivity contribution in [2.45, 2.75) is 38.3 Å². The van der Waals surface area contributed by atoms with E-state index in [0.717, 1.165) is 43.5 Å². The summed E-state index contributed by atoms with van der Waals surface area (Å²) in [5, 5.41) is 3.50. The van der Waals surface area contributed by atoms with Gasteiger partial charge in [0.2, 0.25) is 0 Å². The molecule has 4 heteroatoms. The lowest BCUT2D eigenvalue weighted by atomic mass is 10.00. The maximum absolute atomic E-state index is 4.92. The SMILES string of the molecule is c1ccc(CNc2cc(N3CCc4ccccc4C3)nc(C3CC3)n2)cc1. The first-order chi connectivity index (χ1) is 13.3. The maximum atomic E-state index is 4.92. The Morgan fingerprint density at radius 2 is 1.70 bits per heavy atom. The standard InChI is InChI=1S/C23H24N4/c1-2-6-17(7-3-1)15-24-21-14-22(26-23(25-21)19-10-11-19)27-13-12-18-8-4-5-9-20(18)16-27/h1-9,14,19H,10-13,15-16H2,(H,24,25,26). The van der Waals surface area contributed by atoms with Crippen LogP contribution in [-0.4, -0.2) is 16.5 Å². The minimum atomic E-state index is 0.541. The van der Waals surface area contributed by atoms with Gasteiger partial charge in [0.25, 0.3) is 0 Å². The van der Waals surface area contributed by atoms with Gasteiger partial charge in [-0.3, -0.25) is 0 Å². The average molecular weight is 356 g/mol. The van der Waals surface area contributed by atoms with Crippen LogP contribution in [0.4, 0.5) is 11.6 Å². The number of anilines is 2. The van der Waals surface area contributed by atoms with Gasteiger partial charge in [-0.1, -0.05) is 54.6 Å². The summed E-state index contributed by atoms with van der Waals surface area (Å²) in [6.45, 7) is 2.72. The summed E-state index contributed by atoms with van der Waals surface area (Å²) >= 11 is 0. The Labute approximate surface area is 160 Å². The Bertz CT molecular complexity index is 934. The fourth-order valence-corrected chi connectivity index (χ4v) is 3.71. The summed E-state index contributed by atoms with van der Waals surface area (Å²) in [6.07, 6.45) is 3.50. The van der Waals surface area contributed by atoms with Gasteiger partial charge in [-0.05, 0) is 36.0 Å². The molecule has 0 radical (unpaired) electrons. The Morgan fingerprint density at radius 1 is 0.926 bits per heavy atom. The molecule has 2 aliphatic rings. The zero-order valence-electron chi connectivity index (χ0n) is 15.4. The molecule has 0 spiro atoms. The molecule has 4 nitrogen and oxygen atoms in total. The first kappa shape index (κ1) is 16.3. The van der Waals surface area contributed by atoms with E-state index < -0.39 is 0 Å². The quantitative estimate of drug-likeness (QED) is 0.729. The molecule has 1 aromatic heterocycles. The number of nitrogens with one attached hydrogen (secondary N) is 1. The highest BCUT2D eigenvalue weighted by molar-refractivity contribution is 5.52. The van der Waals surface area contributed by atoms with Crippen LogP contribution in [-0.2, 0) is 19.5 Å². The highest BCUT2D eigenvalue weighted by atomic mass is 15.2. The number of hydrogen-bond donors (Lipinski definition) is 1. The molecule has 0 atom stereocenters. The van der Waals surface area contributed by atoms with E-state index in [1.54, 1.807) is 0 Å². The molecule has 3 aromatic rings. The van der Waals surface area contributed by atoms with Crippen LogP contribution in [0, 0.1) is 0 Å². The van der Waals surface area contributed by atoms with Crippen LogP contribution in [0.2, 0.25) is 0 Å². The zero-order valence-corrected chi connectivity index (χ0v) is 15.4. The van der Waals surface area contributed by atoms with Gasteiger partial charge in [0.15, 0.2) is 0 Å². The van der Waals surface area contributed by atoms with Crippen molar-refractivity contribution in [2.75, 3.05) is 16.8 Å². The molecule has 0 unspecified atom stereocenters. The van der Waals surface area contributed by atoms with Crippen molar-refractivity contribution in [1.82, 2.24) is 9.97 Å². The van der Waals surface area contributed by atoms with Crippen molar-refractivity contribution in [3.8, 4) is 0 Å². The third kappa shape index (κ3) is 3.65. The highest BCUT2D eigenvalue weighted by Crippen LogP contribution is 2.39. The van der Waals surface area contributed by atoms with Gasteiger partial charge >= 0.3 is 0 Å². The van der Waals surface area contributed by atoms with E-state index >= 15 is 0 Å². The maximum Gasteiger partial charge on any atom is 0.136 e. The third-order valence-corrected chi connectivity index (χ3v) is 5.44. The van der Waals surface area contributed by atoms with Crippen LogP contribution in [0.25, 0.3) is 0 Å². The Morgan fingerprint density at radius 3 is 2.52 bits per heavy atom. The highest BCUT2D eigenvalue weighted by Gasteiger charge is 2.28. The molecule has 1 aliphatic carbocycles. The summed E-state index contributed by atoms with van der Waals surface area (Å²) in [4.78, 5) is 12.1. The van der Waals surface area contributed by atoms with Crippen LogP contribution < -0.4 is 10.2 Å². The lowest BCUT2D eigenvalue weighted by molar-refractivity contribution is 0.714. The lowest BCUT2D eigenvalue weighted by Gasteiger charge is -2.30. The van der Waals surface area contributed by atoms with Crippen LogP contribution in [0.1, 0.15) is 41.3 Å². The Balaban J connectivity index is 1.40. The minimum Gasteiger partial charge on any atom is -0.366 e. The molecule has 136 valence electrons. The van der Waals surface area contributed by atoms with E-state index in [9.17, 15) is 0 Å². The van der Waals surface area contributed by atoms with Gasteiger partial charge in [-0.2, -0.15) is 0 Å². The van der Waals surface area contributed by atoms with Crippen molar-refractivity contribution in [3.63, 3.8) is 0 Å². The second kappa shape index (κ2) is 7.03. The summed E-state index contributed by atoms with van der Waals surface area (Å²) in [5.74, 6) is 3.53. The molecule has 2 aromatic carbocycles. The van der Waals surface area contributed by atoms with E-state index in [4.69, 9.17) is 9.97 Å². The van der Waals surface area contributed by atoms with Gasteiger partial charge in [0.05, 0.1) is 0 Å². The fourth-order valence-electron chi connectivity index (χ4n) is 3.71. The number of fused-ring (bicyclic) bond motifs is 1. The van der Waals surface area contributed by atoms with Crippen LogP contribution in [0.3, 0.4) is 0 Å². The largest absolute Gasteiger partial charge is 0.366 e. The molecule has 1 N–H and O–H groups in total. The van der Waals surface area contributed by atoms with Crippen LogP contribution in [0.5, 0.6) is 0 Å². The summed E-state index contributed by atoms with van der Waals surface area (Å²) in [5.41, 5.74) is 4.14. The predicted molar refractivity (Wildman–Crippen MR) is 109 cm³/mol. The molecule has 0 bridgehead atoms. The van der Waals surface area contributed by atoms with E-state index in [1.165, 1.54) is 29.5 Å². The smallest absolute Gasteiger partial charge is 0.136 e. The molecule has 5 rings (SSSR count). The molecule has 27 heavy (non-hydrogen) atoms. The van der Waals surface area contributed by atoms with Crippen molar-refractivity contribution < 1.29 is 0 Å². The number of rotatable bonds is 5. The first-order valence-corrected chi connectivity index (χ1v) is 9.84. The van der Waals surface area contributed by atoms with Crippen molar-refractivity contribution in [1.29, 1.82) is 0 Å². The van der Waals surface area contributed by atoms with Gasteiger partial charge in [0.1, 0.15) is 17.5 Å². The average Bonchev–Trinajstić information content (AvgIpc) is 3.58. The zero-order chi connectivity index (χ0) is 18.1. The predicted octanol–water partition coefficient (Wildman–Crippen LogP) is 4.53. The second-order valence-electron chi connectivity index (χ2n) is 7.52. The van der Waals surface area contributed by atoms with Crippen molar-refractivity contribution in [2.24, 2.45) is 0 Å². The topological polar surface area (TPSA) is 41.0 Å². The normalized spacial score (nSPS) is 16.1. The Kier molecular flexibility index (Phi) is 4.24. The number of nitrogens with zero attached hydrogens (tertiary/aromatic N) is 3. The second-order valence-corrected chi connectivity index (χ2v) is 7.52. The molecular formula is C23H24N4. The molecule has 2 heterocycles. The van der Waals surface area contributed by atoms with Crippen molar-refractivity contribution >= 4 is 11.6 Å². The molecule has 1 fully saturated rings. The lowest BCUT2D eigenvalue weighted by Crippen LogP contribution is -2.31. The first-order valence-electron chi connectivity index (χ1n) is 9.84. The van der Waals surface area contributed by atoms with Crippen LogP contribution in [0.15, 0.2) is 60.7 Å². The summed E-state index contributed by atoms with van der Waals surface area (Å²) in [6, 6.07) is 21.3. The van der Waals surface area contributed by atoms with Gasteiger partial charge < -0.3 is 10.2 Å². The van der Waals surface area contributed by atoms with E-state index in [1.807, 2.05) is 6.07 Å². The molecule has 1 saturated carbocycles. The van der Waals surface area contributed by atoms with Crippen LogP contribution >= 0.6 is 0 Å². The van der Waals surface area contributed by atoms with E-state index in [2.05, 4.69) is 64.8 Å². The van der Waals surface area contributed by atoms with Gasteiger partial charge in [-0.25, -0.2) is 9.97 Å². The van der Waals surface area contributed by atoms with Gasteiger partial charge in [0, 0.05) is 31.6 Å². The fraction of sp³-hybridized carbons (Fsp3) is 0.304. The molecule has 1 aliphatic heterocycles. The minimum absolute atomic E-state index is 0.541. The molecule has 0 amide bonds. The third-order valence-electron chi connectivity index (χ3n) is 5.44. The molecule has 0 saturated heterocycles. The van der Waals surface area contributed by atoms with Crippen molar-refractivity contribution in [3.05, 3.63) is 83.2 Å². The van der Waals surface area contributed by atoms with Gasteiger partial charge in [-0.15, -0.1) is 0 Å². The van der Waals surface area contributed by atoms with E-state index in [-0.39, 0.29) is 0 Å². The monoisotopic (exact) mass is 356 g/mol. The number of hydrogen-bond acceptors (Lipinski definition) is 4. The summed E-state index contributed by atoms with van der Waals surface area (Å²) < 4.78 is 0. The van der Waals surface area contributed by atoms with E-state index in [0.29, 0.717) is 5.92 Å². The molecular weight excluding hydrogens is 332 g/mol.